The van der Waals surface area contributed by atoms with Crippen molar-refractivity contribution >= 4 is 46.0 Å². The molecule has 1 aliphatic heterocycles. The number of anilines is 1. The molecular formula is C20H18ClN3S2. The van der Waals surface area contributed by atoms with E-state index in [-0.39, 0.29) is 12.1 Å². The van der Waals surface area contributed by atoms with Gasteiger partial charge in [0, 0.05) is 16.8 Å². The fourth-order valence-electron chi connectivity index (χ4n) is 3.28. The largest absolute Gasteiger partial charge is 0.351 e. The molecular weight excluding hydrogens is 382 g/mol. The molecule has 1 aliphatic rings. The third-order valence-corrected chi connectivity index (χ3v) is 6.37. The molecule has 132 valence electrons. The summed E-state index contributed by atoms with van der Waals surface area (Å²) >= 11 is 13.5. The first-order chi connectivity index (χ1) is 12.5. The number of thiophene rings is 1. The lowest BCUT2D eigenvalue weighted by Gasteiger charge is -2.27. The van der Waals surface area contributed by atoms with Gasteiger partial charge < -0.3 is 10.2 Å². The van der Waals surface area contributed by atoms with Crippen molar-refractivity contribution in [2.24, 2.45) is 0 Å². The zero-order chi connectivity index (χ0) is 18.3. The lowest BCUT2D eigenvalue weighted by atomic mass is 10.0. The van der Waals surface area contributed by atoms with Crippen LogP contribution in [0.4, 0.5) is 5.69 Å². The number of nitrogens with zero attached hydrogens (tertiary/aromatic N) is 2. The van der Waals surface area contributed by atoms with Gasteiger partial charge >= 0.3 is 0 Å². The van der Waals surface area contributed by atoms with E-state index in [1.165, 1.54) is 11.1 Å². The smallest absolute Gasteiger partial charge is 0.174 e. The molecule has 0 unspecified atom stereocenters. The molecule has 3 heterocycles. The highest BCUT2D eigenvalue weighted by Crippen LogP contribution is 2.44. The van der Waals surface area contributed by atoms with Crippen LogP contribution in [0.2, 0.25) is 4.34 Å². The second-order valence-electron chi connectivity index (χ2n) is 6.41. The van der Waals surface area contributed by atoms with Crippen molar-refractivity contribution in [1.82, 2.24) is 10.3 Å². The molecule has 1 fully saturated rings. The number of rotatable bonds is 3. The van der Waals surface area contributed by atoms with Gasteiger partial charge in [-0.15, -0.1) is 11.3 Å². The summed E-state index contributed by atoms with van der Waals surface area (Å²) in [5.41, 5.74) is 4.56. The molecule has 0 bridgehead atoms. The molecule has 2 aromatic heterocycles. The fraction of sp³-hybridized carbons (Fsp3) is 0.200. The zero-order valence-corrected chi connectivity index (χ0v) is 16.8. The van der Waals surface area contributed by atoms with Crippen LogP contribution in [-0.4, -0.2) is 10.1 Å². The highest BCUT2D eigenvalue weighted by molar-refractivity contribution is 7.80. The average Bonchev–Trinajstić information content (AvgIpc) is 3.21. The van der Waals surface area contributed by atoms with Crippen molar-refractivity contribution in [3.63, 3.8) is 0 Å². The minimum absolute atomic E-state index is 0.0111. The molecule has 4 rings (SSSR count). The highest BCUT2D eigenvalue weighted by Gasteiger charge is 2.41. The number of pyridine rings is 1. The molecule has 0 aliphatic carbocycles. The van der Waals surface area contributed by atoms with Gasteiger partial charge in [-0.25, -0.2) is 0 Å². The van der Waals surface area contributed by atoms with Gasteiger partial charge in [-0.2, -0.15) is 0 Å². The van der Waals surface area contributed by atoms with Crippen LogP contribution in [0.1, 0.15) is 33.8 Å². The van der Waals surface area contributed by atoms with Crippen molar-refractivity contribution in [2.75, 3.05) is 4.90 Å². The Labute approximate surface area is 167 Å². The maximum atomic E-state index is 6.24. The van der Waals surface area contributed by atoms with Crippen molar-refractivity contribution in [3.05, 3.63) is 80.8 Å². The summed E-state index contributed by atoms with van der Waals surface area (Å²) in [6, 6.07) is 16.4. The number of benzene rings is 1. The molecule has 26 heavy (non-hydrogen) atoms. The summed E-state index contributed by atoms with van der Waals surface area (Å²) in [7, 11) is 0. The molecule has 1 aromatic carbocycles. The van der Waals surface area contributed by atoms with Crippen molar-refractivity contribution in [3.8, 4) is 0 Å². The van der Waals surface area contributed by atoms with Crippen molar-refractivity contribution in [2.45, 2.75) is 25.9 Å². The van der Waals surface area contributed by atoms with E-state index in [0.717, 1.165) is 20.6 Å². The number of hydrogen-bond donors (Lipinski definition) is 1. The quantitative estimate of drug-likeness (QED) is 0.581. The second-order valence-corrected chi connectivity index (χ2v) is 8.54. The second kappa shape index (κ2) is 6.99. The minimum Gasteiger partial charge on any atom is -0.351 e. The van der Waals surface area contributed by atoms with E-state index < -0.39 is 0 Å². The molecule has 3 aromatic rings. The van der Waals surface area contributed by atoms with E-state index >= 15 is 0 Å². The third kappa shape index (κ3) is 3.11. The SMILES string of the molecule is Cc1ccc(N2C(=S)N[C@@H](c3ccccn3)[C@@H]2c2ccc(Cl)s2)cc1C. The topological polar surface area (TPSA) is 28.2 Å². The van der Waals surface area contributed by atoms with Crippen LogP contribution < -0.4 is 10.2 Å². The lowest BCUT2D eigenvalue weighted by Crippen LogP contribution is -2.29. The summed E-state index contributed by atoms with van der Waals surface area (Å²) in [6.07, 6.45) is 1.82. The van der Waals surface area contributed by atoms with E-state index in [1.54, 1.807) is 11.3 Å². The third-order valence-electron chi connectivity index (χ3n) is 4.75. The Morgan fingerprint density at radius 2 is 1.96 bits per heavy atom. The van der Waals surface area contributed by atoms with E-state index in [2.05, 4.69) is 53.3 Å². The van der Waals surface area contributed by atoms with Gasteiger partial charge in [-0.1, -0.05) is 23.7 Å². The van der Waals surface area contributed by atoms with Crippen LogP contribution in [0.3, 0.4) is 0 Å². The van der Waals surface area contributed by atoms with E-state index in [0.29, 0.717) is 5.11 Å². The van der Waals surface area contributed by atoms with Gasteiger partial charge in [0.15, 0.2) is 5.11 Å². The Morgan fingerprint density at radius 3 is 2.62 bits per heavy atom. The highest BCUT2D eigenvalue weighted by atomic mass is 35.5. The van der Waals surface area contributed by atoms with Gasteiger partial charge in [0.1, 0.15) is 0 Å². The minimum atomic E-state index is -0.0278. The molecule has 3 nitrogen and oxygen atoms in total. The number of nitrogens with one attached hydrogen (secondary N) is 1. The number of aryl methyl sites for hydroxylation is 2. The average molecular weight is 400 g/mol. The number of halogens is 1. The van der Waals surface area contributed by atoms with Gasteiger partial charge in [0.2, 0.25) is 0 Å². The summed E-state index contributed by atoms with van der Waals surface area (Å²) in [5.74, 6) is 0. The summed E-state index contributed by atoms with van der Waals surface area (Å²) in [6.45, 7) is 4.24. The zero-order valence-electron chi connectivity index (χ0n) is 14.4. The molecule has 0 spiro atoms. The van der Waals surface area contributed by atoms with E-state index in [9.17, 15) is 0 Å². The van der Waals surface area contributed by atoms with Crippen molar-refractivity contribution in [1.29, 1.82) is 0 Å². The molecule has 0 radical (unpaired) electrons. The first kappa shape index (κ1) is 17.5. The van der Waals surface area contributed by atoms with Gasteiger partial charge in [0.05, 0.1) is 22.1 Å². The van der Waals surface area contributed by atoms with Crippen LogP contribution in [0.25, 0.3) is 0 Å². The van der Waals surface area contributed by atoms with Gasteiger partial charge in [0.25, 0.3) is 0 Å². The number of aromatic nitrogens is 1. The summed E-state index contributed by atoms with van der Waals surface area (Å²) in [5, 5.41) is 4.18. The Balaban J connectivity index is 1.83. The molecule has 1 N–H and O–H groups in total. The predicted octanol–water partition coefficient (Wildman–Crippen LogP) is 5.59. The van der Waals surface area contributed by atoms with Crippen molar-refractivity contribution < 1.29 is 0 Å². The van der Waals surface area contributed by atoms with Crippen LogP contribution >= 0.6 is 35.2 Å². The maximum Gasteiger partial charge on any atom is 0.174 e. The first-order valence-electron chi connectivity index (χ1n) is 8.38. The van der Waals surface area contributed by atoms with Gasteiger partial charge in [-0.05, 0) is 73.6 Å². The number of hydrogen-bond acceptors (Lipinski definition) is 3. The Bertz CT molecular complexity index is 955. The molecule has 0 saturated carbocycles. The normalized spacial score (nSPS) is 19.7. The standard InChI is InChI=1S/C20H18ClN3S2/c1-12-6-7-14(11-13(12)2)24-19(16-8-9-17(21)26-16)18(23-20(24)25)15-5-3-4-10-22-15/h3-11,18-19H,1-2H3,(H,23,25)/t18-,19-/m0/s1. The monoisotopic (exact) mass is 399 g/mol. The number of thiocarbonyl (C=S) groups is 1. The molecule has 0 amide bonds. The predicted molar refractivity (Wildman–Crippen MR) is 113 cm³/mol. The van der Waals surface area contributed by atoms with Gasteiger partial charge in [-0.3, -0.25) is 4.98 Å². The van der Waals surface area contributed by atoms with E-state index in [4.69, 9.17) is 23.8 Å². The molecule has 1 saturated heterocycles. The Kier molecular flexibility index (Phi) is 4.69. The van der Waals surface area contributed by atoms with Crippen LogP contribution in [-0.2, 0) is 0 Å². The van der Waals surface area contributed by atoms with Crippen LogP contribution in [0.15, 0.2) is 54.7 Å². The first-order valence-corrected chi connectivity index (χ1v) is 9.98. The summed E-state index contributed by atoms with van der Waals surface area (Å²) < 4.78 is 0.776. The Morgan fingerprint density at radius 1 is 1.12 bits per heavy atom. The molecule has 6 heteroatoms. The lowest BCUT2D eigenvalue weighted by molar-refractivity contribution is 0.575. The molecule has 2 atom stereocenters. The van der Waals surface area contributed by atoms with E-state index in [1.807, 2.05) is 30.5 Å². The van der Waals surface area contributed by atoms with Crippen LogP contribution in [0, 0.1) is 13.8 Å². The summed E-state index contributed by atoms with van der Waals surface area (Å²) in [4.78, 5) is 7.91. The Hall–Kier alpha value is -1.95. The van der Waals surface area contributed by atoms with Crippen LogP contribution in [0.5, 0.6) is 0 Å². The maximum absolute atomic E-state index is 6.24. The fourth-order valence-corrected chi connectivity index (χ4v) is 4.82.